The Kier molecular flexibility index (Phi) is 5.87. The van der Waals surface area contributed by atoms with Crippen molar-refractivity contribution in [3.63, 3.8) is 0 Å². The summed E-state index contributed by atoms with van der Waals surface area (Å²) in [6.07, 6.45) is 0. The lowest BCUT2D eigenvalue weighted by atomic mass is 10.2. The Morgan fingerprint density at radius 1 is 1.12 bits per heavy atom. The summed E-state index contributed by atoms with van der Waals surface area (Å²) < 4.78 is 28.1. The molecule has 4 aromatic rings. The fourth-order valence-corrected chi connectivity index (χ4v) is 5.28. The van der Waals surface area contributed by atoms with Crippen LogP contribution in [0.3, 0.4) is 0 Å². The van der Waals surface area contributed by atoms with Gasteiger partial charge in [0.2, 0.25) is 4.96 Å². The number of nitrogens with one attached hydrogen (secondary N) is 1. The van der Waals surface area contributed by atoms with Gasteiger partial charge in [0, 0.05) is 44.9 Å². The first-order valence-electron chi connectivity index (χ1n) is 10.1. The second kappa shape index (κ2) is 8.96. The number of fused-ring (bicyclic) bond motifs is 1. The lowest BCUT2D eigenvalue weighted by molar-refractivity contribution is 0.142. The van der Waals surface area contributed by atoms with Gasteiger partial charge in [0.05, 0.1) is 16.3 Å². The van der Waals surface area contributed by atoms with Gasteiger partial charge in [-0.1, -0.05) is 17.4 Å². The maximum absolute atomic E-state index is 13.8. The zero-order valence-electron chi connectivity index (χ0n) is 17.2. The molecule has 0 aliphatic carbocycles. The summed E-state index contributed by atoms with van der Waals surface area (Å²) in [6.45, 7) is 2.48. The molecule has 1 aliphatic heterocycles. The van der Waals surface area contributed by atoms with Crippen molar-refractivity contribution in [1.29, 1.82) is 0 Å². The predicted molar refractivity (Wildman–Crippen MR) is 123 cm³/mol. The van der Waals surface area contributed by atoms with E-state index >= 15 is 0 Å². The number of hydrogen-bond donors (Lipinski definition) is 1. The van der Waals surface area contributed by atoms with Crippen LogP contribution in [-0.4, -0.2) is 56.6 Å². The Balaban J connectivity index is 1.22. The Morgan fingerprint density at radius 3 is 2.67 bits per heavy atom. The number of urea groups is 1. The summed E-state index contributed by atoms with van der Waals surface area (Å²) in [4.78, 5) is 34.8. The molecule has 2 amide bonds. The SMILES string of the molecule is O=C(Nc1ccc(F)cc1F)N1CCN(Cc2cc(=O)n3nc(-c4cccs4)sc3n2)CC1. The number of anilines is 1. The van der Waals surface area contributed by atoms with Gasteiger partial charge in [0.15, 0.2) is 5.01 Å². The van der Waals surface area contributed by atoms with E-state index in [0.29, 0.717) is 43.4 Å². The van der Waals surface area contributed by atoms with E-state index in [1.165, 1.54) is 28.0 Å². The number of aromatic nitrogens is 3. The van der Waals surface area contributed by atoms with Gasteiger partial charge in [0.1, 0.15) is 11.6 Å². The molecule has 1 N–H and O–H groups in total. The smallest absolute Gasteiger partial charge is 0.322 e. The predicted octanol–water partition coefficient (Wildman–Crippen LogP) is 3.51. The van der Waals surface area contributed by atoms with Gasteiger partial charge in [-0.05, 0) is 23.6 Å². The Bertz CT molecular complexity index is 1360. The molecule has 1 fully saturated rings. The third-order valence-corrected chi connectivity index (χ3v) is 7.20. The van der Waals surface area contributed by atoms with Crippen LogP contribution in [0.4, 0.5) is 19.3 Å². The average molecular weight is 489 g/mol. The highest BCUT2D eigenvalue weighted by atomic mass is 32.1. The van der Waals surface area contributed by atoms with Gasteiger partial charge >= 0.3 is 6.03 Å². The number of carbonyl (C=O) groups is 1. The first kappa shape index (κ1) is 21.6. The molecule has 170 valence electrons. The second-order valence-electron chi connectivity index (χ2n) is 7.48. The lowest BCUT2D eigenvalue weighted by Gasteiger charge is -2.34. The van der Waals surface area contributed by atoms with E-state index in [0.717, 1.165) is 22.0 Å². The number of rotatable bonds is 4. The fourth-order valence-electron chi connectivity index (χ4n) is 3.56. The van der Waals surface area contributed by atoms with E-state index < -0.39 is 17.7 Å². The molecule has 1 aliphatic rings. The van der Waals surface area contributed by atoms with Crippen molar-refractivity contribution in [3.8, 4) is 9.88 Å². The van der Waals surface area contributed by atoms with Crippen LogP contribution in [0.5, 0.6) is 0 Å². The number of hydrogen-bond acceptors (Lipinski definition) is 7. The highest BCUT2D eigenvalue weighted by molar-refractivity contribution is 7.23. The topological polar surface area (TPSA) is 82.8 Å². The van der Waals surface area contributed by atoms with Crippen LogP contribution in [0.2, 0.25) is 0 Å². The van der Waals surface area contributed by atoms with Crippen molar-refractivity contribution >= 4 is 39.4 Å². The molecule has 4 heterocycles. The van der Waals surface area contributed by atoms with Gasteiger partial charge < -0.3 is 10.2 Å². The van der Waals surface area contributed by atoms with Crippen LogP contribution in [0.25, 0.3) is 14.8 Å². The molecule has 1 aromatic carbocycles. The summed E-state index contributed by atoms with van der Waals surface area (Å²) in [7, 11) is 0. The summed E-state index contributed by atoms with van der Waals surface area (Å²) in [6, 6.07) is 7.95. The number of nitrogens with zero attached hydrogens (tertiary/aromatic N) is 5. The van der Waals surface area contributed by atoms with Crippen molar-refractivity contribution in [2.45, 2.75) is 6.54 Å². The Labute approximate surface area is 194 Å². The Hall–Kier alpha value is -3.22. The van der Waals surface area contributed by atoms with Crippen LogP contribution in [0, 0.1) is 11.6 Å². The molecule has 12 heteroatoms. The molecule has 0 radical (unpaired) electrons. The van der Waals surface area contributed by atoms with Crippen molar-refractivity contribution in [1.82, 2.24) is 24.4 Å². The Morgan fingerprint density at radius 2 is 1.94 bits per heavy atom. The van der Waals surface area contributed by atoms with Crippen molar-refractivity contribution in [2.75, 3.05) is 31.5 Å². The van der Waals surface area contributed by atoms with Crippen molar-refractivity contribution < 1.29 is 13.6 Å². The van der Waals surface area contributed by atoms with Crippen LogP contribution in [-0.2, 0) is 6.54 Å². The van der Waals surface area contributed by atoms with Gasteiger partial charge in [-0.15, -0.1) is 11.3 Å². The molecule has 1 saturated heterocycles. The molecule has 5 rings (SSSR count). The average Bonchev–Trinajstić information content (AvgIpc) is 3.46. The summed E-state index contributed by atoms with van der Waals surface area (Å²) in [5.41, 5.74) is 0.356. The zero-order valence-corrected chi connectivity index (χ0v) is 18.8. The standard InChI is InChI=1S/C21H18F2N6O2S2/c22-13-3-4-16(15(23)10-13)25-20(31)28-7-5-27(6-8-28)12-14-11-18(30)29-21(24-14)33-19(26-29)17-2-1-9-32-17/h1-4,9-11H,5-8,12H2,(H,25,31). The minimum absolute atomic E-state index is 0.0618. The van der Waals surface area contributed by atoms with Crippen LogP contribution in [0.1, 0.15) is 5.69 Å². The maximum Gasteiger partial charge on any atom is 0.322 e. The minimum Gasteiger partial charge on any atom is -0.322 e. The van der Waals surface area contributed by atoms with Crippen LogP contribution >= 0.6 is 22.7 Å². The number of piperazine rings is 1. The van der Waals surface area contributed by atoms with Crippen molar-refractivity contribution in [2.24, 2.45) is 0 Å². The molecular weight excluding hydrogens is 470 g/mol. The highest BCUT2D eigenvalue weighted by Gasteiger charge is 2.23. The number of benzene rings is 1. The number of halogens is 2. The molecule has 8 nitrogen and oxygen atoms in total. The van der Waals surface area contributed by atoms with E-state index in [1.807, 2.05) is 17.5 Å². The highest BCUT2D eigenvalue weighted by Crippen LogP contribution is 2.28. The van der Waals surface area contributed by atoms with E-state index in [-0.39, 0.29) is 11.2 Å². The first-order valence-corrected chi connectivity index (χ1v) is 11.8. The van der Waals surface area contributed by atoms with Crippen LogP contribution < -0.4 is 10.9 Å². The number of amides is 2. The molecule has 0 bridgehead atoms. The molecule has 0 spiro atoms. The van der Waals surface area contributed by atoms with Gasteiger partial charge in [-0.2, -0.15) is 9.61 Å². The van der Waals surface area contributed by atoms with Crippen LogP contribution in [0.15, 0.2) is 46.6 Å². The molecule has 33 heavy (non-hydrogen) atoms. The molecule has 0 unspecified atom stereocenters. The monoisotopic (exact) mass is 488 g/mol. The first-order chi connectivity index (χ1) is 16.0. The van der Waals surface area contributed by atoms with E-state index in [4.69, 9.17) is 0 Å². The fraction of sp³-hybridized carbons (Fsp3) is 0.238. The third kappa shape index (κ3) is 4.63. The quantitative estimate of drug-likeness (QED) is 0.476. The molecule has 3 aromatic heterocycles. The molecule has 0 atom stereocenters. The van der Waals surface area contributed by atoms with Gasteiger partial charge in [0.25, 0.3) is 5.56 Å². The maximum atomic E-state index is 13.8. The minimum atomic E-state index is -0.819. The number of thiophene rings is 1. The second-order valence-corrected chi connectivity index (χ2v) is 9.39. The zero-order chi connectivity index (χ0) is 22.9. The molecular formula is C21H18F2N6O2S2. The van der Waals surface area contributed by atoms with Gasteiger partial charge in [-0.25, -0.2) is 18.6 Å². The summed E-state index contributed by atoms with van der Waals surface area (Å²) >= 11 is 2.93. The van der Waals surface area contributed by atoms with Crippen molar-refractivity contribution in [3.05, 3.63) is 69.5 Å². The lowest BCUT2D eigenvalue weighted by Crippen LogP contribution is -2.49. The van der Waals surface area contributed by atoms with E-state index in [1.54, 1.807) is 16.2 Å². The number of carbonyl (C=O) groups excluding carboxylic acids is 1. The third-order valence-electron chi connectivity index (χ3n) is 5.25. The summed E-state index contributed by atoms with van der Waals surface area (Å²) in [5.74, 6) is -1.52. The normalized spacial score (nSPS) is 14.7. The summed E-state index contributed by atoms with van der Waals surface area (Å²) in [5, 5.41) is 9.57. The van der Waals surface area contributed by atoms with Gasteiger partial charge in [-0.3, -0.25) is 9.69 Å². The largest absolute Gasteiger partial charge is 0.322 e. The molecule has 0 saturated carbocycles. The van der Waals surface area contributed by atoms with E-state index in [9.17, 15) is 18.4 Å². The van der Waals surface area contributed by atoms with E-state index in [2.05, 4.69) is 20.3 Å².